The summed E-state index contributed by atoms with van der Waals surface area (Å²) in [6, 6.07) is 12.0. The zero-order valence-corrected chi connectivity index (χ0v) is 12.2. The van der Waals surface area contributed by atoms with Crippen LogP contribution in [0, 0.1) is 0 Å². The van der Waals surface area contributed by atoms with Crippen molar-refractivity contribution in [1.82, 2.24) is 0 Å². The first-order valence-corrected chi connectivity index (χ1v) is 6.41. The molecule has 0 saturated heterocycles. The van der Waals surface area contributed by atoms with Crippen LogP contribution in [0.4, 0.5) is 0 Å². The van der Waals surface area contributed by atoms with Crippen LogP contribution in [0.1, 0.15) is 63.2 Å². The predicted octanol–water partition coefficient (Wildman–Crippen LogP) is 6.43. The van der Waals surface area contributed by atoms with Crippen molar-refractivity contribution < 1.29 is 1.43 Å². The lowest BCUT2D eigenvalue weighted by Crippen LogP contribution is -1.47. The van der Waals surface area contributed by atoms with E-state index in [-0.39, 0.29) is 1.43 Å². The Kier molecular flexibility index (Phi) is 80.9. The molecule has 1 aromatic rings. The van der Waals surface area contributed by atoms with Crippen molar-refractivity contribution in [1.29, 1.82) is 0 Å². The van der Waals surface area contributed by atoms with Gasteiger partial charge < -0.3 is 0 Å². The van der Waals surface area contributed by atoms with E-state index in [4.69, 9.17) is 0 Å². The van der Waals surface area contributed by atoms with Gasteiger partial charge in [0.05, 0.1) is 0 Å². The molecule has 0 saturated carbocycles. The van der Waals surface area contributed by atoms with Crippen molar-refractivity contribution in [3.63, 3.8) is 0 Å². The molecule has 0 bridgehead atoms. The molecule has 0 spiro atoms. The van der Waals surface area contributed by atoms with E-state index in [0.717, 1.165) is 0 Å². The zero-order chi connectivity index (χ0) is 12.9. The molecular weight excluding hydrogens is 180 g/mol. The molecule has 0 unspecified atom stereocenters. The number of rotatable bonds is 0. The Labute approximate surface area is 100 Å². The van der Waals surface area contributed by atoms with Gasteiger partial charge in [-0.15, -0.1) is 0 Å². The van der Waals surface area contributed by atoms with Gasteiger partial charge >= 0.3 is 0 Å². The molecule has 0 heteroatoms. The molecule has 0 heterocycles. The van der Waals surface area contributed by atoms with Crippen molar-refractivity contribution >= 4 is 0 Å². The topological polar surface area (TPSA) is 0 Å². The second kappa shape index (κ2) is 51.0. The molecule has 0 aromatic heterocycles. The van der Waals surface area contributed by atoms with Crippen LogP contribution in [-0.4, -0.2) is 0 Å². The van der Waals surface area contributed by atoms with Crippen molar-refractivity contribution in [2.75, 3.05) is 0 Å². The molecular formula is C15H34. The number of benzene rings is 1. The van der Waals surface area contributed by atoms with Gasteiger partial charge in [-0.05, 0) is 0 Å². The Morgan fingerprint density at radius 3 is 0.667 bits per heavy atom. The summed E-state index contributed by atoms with van der Waals surface area (Å²) in [5.74, 6) is 0. The standard InChI is InChI=1S/C6H6.C3H8.3C2H6.H2/c1-2-4-6-5-3-1;1-3-2;3*1-2;/h1-6H;3H2,1-2H3;3*1-2H3;1H/i;;;;;1+1. The summed E-state index contributed by atoms with van der Waals surface area (Å²) in [6.07, 6.45) is 1.25. The van der Waals surface area contributed by atoms with Gasteiger partial charge in [0.1, 0.15) is 0 Å². The summed E-state index contributed by atoms with van der Waals surface area (Å²) in [5.41, 5.74) is 0. The SMILES string of the molecule is CC.CC.CC.CCC.[2HH].c1ccccc1. The van der Waals surface area contributed by atoms with Gasteiger partial charge in [-0.1, -0.05) is 98.2 Å². The first-order chi connectivity index (χ1) is 7.41. The van der Waals surface area contributed by atoms with Crippen LogP contribution in [0.15, 0.2) is 36.4 Å². The molecule has 1 rings (SSSR count). The van der Waals surface area contributed by atoms with Crippen LogP contribution in [0.25, 0.3) is 0 Å². The lowest BCUT2D eigenvalue weighted by Gasteiger charge is -1.69. The van der Waals surface area contributed by atoms with Gasteiger partial charge in [-0.2, -0.15) is 0 Å². The highest BCUT2D eigenvalue weighted by Gasteiger charge is 1.57. The maximum absolute atomic E-state index is 2.12. The smallest absolute Gasteiger partial charge is 0 e. The molecule has 0 fully saturated rings. The highest BCUT2D eigenvalue weighted by molar-refractivity contribution is 4.99. The average molecular weight is 215 g/mol. The third kappa shape index (κ3) is 61.1. The third-order valence-corrected chi connectivity index (χ3v) is 0.667. The fourth-order valence-electron chi connectivity index (χ4n) is 0.385. The van der Waals surface area contributed by atoms with Crippen LogP contribution >= 0.6 is 0 Å². The maximum Gasteiger partial charge on any atom is 0 e. The zero-order valence-electron chi connectivity index (χ0n) is 12.2. The van der Waals surface area contributed by atoms with E-state index in [9.17, 15) is 0 Å². The van der Waals surface area contributed by atoms with Crippen molar-refractivity contribution in [3.8, 4) is 0 Å². The van der Waals surface area contributed by atoms with E-state index in [1.165, 1.54) is 6.42 Å². The summed E-state index contributed by atoms with van der Waals surface area (Å²) in [7, 11) is 0. The first kappa shape index (κ1) is 23.8. The van der Waals surface area contributed by atoms with Gasteiger partial charge in [0, 0.05) is 1.43 Å². The molecule has 94 valence electrons. The molecule has 0 atom stereocenters. The molecule has 0 radical (unpaired) electrons. The summed E-state index contributed by atoms with van der Waals surface area (Å²) in [4.78, 5) is 0. The Morgan fingerprint density at radius 1 is 0.533 bits per heavy atom. The summed E-state index contributed by atoms with van der Waals surface area (Å²) < 4.78 is 0. The second-order valence-electron chi connectivity index (χ2n) is 1.86. The summed E-state index contributed by atoms with van der Waals surface area (Å²) in [5, 5.41) is 0. The minimum atomic E-state index is 0. The Bertz CT molecular complexity index is 88.3. The van der Waals surface area contributed by atoms with Gasteiger partial charge in [0.2, 0.25) is 0 Å². The monoisotopic (exact) mass is 215 g/mol. The van der Waals surface area contributed by atoms with Gasteiger partial charge in [-0.25, -0.2) is 0 Å². The van der Waals surface area contributed by atoms with Crippen LogP contribution in [-0.2, 0) is 0 Å². The molecule has 15 heavy (non-hydrogen) atoms. The van der Waals surface area contributed by atoms with Crippen molar-refractivity contribution in [3.05, 3.63) is 36.4 Å². The van der Waals surface area contributed by atoms with Gasteiger partial charge in [0.25, 0.3) is 0 Å². The third-order valence-electron chi connectivity index (χ3n) is 0.667. The minimum absolute atomic E-state index is 0. The molecule has 1 aromatic carbocycles. The highest BCUT2D eigenvalue weighted by atomic mass is 13.6. The largest absolute Gasteiger partial charge is 0.0683 e. The molecule has 0 N–H and O–H groups in total. The minimum Gasteiger partial charge on any atom is -0.0683 e. The maximum atomic E-state index is 2.12. The second-order valence-corrected chi connectivity index (χ2v) is 1.86. The Hall–Kier alpha value is -0.780. The predicted molar refractivity (Wildman–Crippen MR) is 78.6 cm³/mol. The Morgan fingerprint density at radius 2 is 0.600 bits per heavy atom. The lowest BCUT2D eigenvalue weighted by molar-refractivity contribution is 1.09. The van der Waals surface area contributed by atoms with Crippen molar-refractivity contribution in [2.24, 2.45) is 0 Å². The van der Waals surface area contributed by atoms with Crippen LogP contribution < -0.4 is 0 Å². The lowest BCUT2D eigenvalue weighted by atomic mass is 10.4. The fourth-order valence-corrected chi connectivity index (χ4v) is 0.385. The molecule has 0 aliphatic heterocycles. The highest BCUT2D eigenvalue weighted by Crippen LogP contribution is 1.79. The molecule has 0 aliphatic rings. The van der Waals surface area contributed by atoms with Crippen LogP contribution in [0.2, 0.25) is 0 Å². The number of hydrogen-bond acceptors (Lipinski definition) is 0. The first-order valence-electron chi connectivity index (χ1n) is 6.41. The quantitative estimate of drug-likeness (QED) is 0.468. The van der Waals surface area contributed by atoms with E-state index >= 15 is 0 Å². The molecule has 0 aliphatic carbocycles. The van der Waals surface area contributed by atoms with Crippen LogP contribution in [0.5, 0.6) is 0 Å². The van der Waals surface area contributed by atoms with E-state index in [1.807, 2.05) is 77.9 Å². The summed E-state index contributed by atoms with van der Waals surface area (Å²) in [6.45, 7) is 16.2. The number of hydrogen-bond donors (Lipinski definition) is 0. The average Bonchev–Trinajstić information content (AvgIpc) is 2.40. The van der Waals surface area contributed by atoms with Gasteiger partial charge in [-0.3, -0.25) is 0 Å². The summed E-state index contributed by atoms with van der Waals surface area (Å²) >= 11 is 0. The Balaban J connectivity index is -0.0000000355. The fraction of sp³-hybridized carbons (Fsp3) is 0.600. The van der Waals surface area contributed by atoms with Crippen molar-refractivity contribution in [2.45, 2.75) is 61.8 Å². The molecule has 0 amide bonds. The normalized spacial score (nSPS) is 5.60. The van der Waals surface area contributed by atoms with E-state index in [0.29, 0.717) is 0 Å². The van der Waals surface area contributed by atoms with Crippen LogP contribution in [0.3, 0.4) is 0 Å². The van der Waals surface area contributed by atoms with Gasteiger partial charge in [0.15, 0.2) is 0 Å². The molecule has 0 nitrogen and oxygen atoms in total. The van der Waals surface area contributed by atoms with E-state index in [2.05, 4.69) is 13.8 Å². The van der Waals surface area contributed by atoms with E-state index in [1.54, 1.807) is 0 Å². The van der Waals surface area contributed by atoms with E-state index < -0.39 is 0 Å².